The van der Waals surface area contributed by atoms with E-state index in [0.717, 1.165) is 5.56 Å². The summed E-state index contributed by atoms with van der Waals surface area (Å²) >= 11 is 5.87. The zero-order valence-corrected chi connectivity index (χ0v) is 16.6. The molecule has 0 radical (unpaired) electrons. The molecule has 0 N–H and O–H groups in total. The highest BCUT2D eigenvalue weighted by molar-refractivity contribution is 6.30. The van der Waals surface area contributed by atoms with Crippen molar-refractivity contribution in [3.8, 4) is 6.07 Å². The molecule has 3 aromatic heterocycles. The average molecular weight is 423 g/mol. The molecule has 0 spiro atoms. The molecule has 0 atom stereocenters. The van der Waals surface area contributed by atoms with Crippen LogP contribution in [-0.2, 0) is 19.5 Å². The highest BCUT2D eigenvalue weighted by Gasteiger charge is 2.14. The van der Waals surface area contributed by atoms with Gasteiger partial charge in [0.05, 0.1) is 11.9 Å². The van der Waals surface area contributed by atoms with E-state index in [2.05, 4.69) is 15.1 Å². The molecule has 0 saturated heterocycles. The van der Waals surface area contributed by atoms with Gasteiger partial charge in [-0.15, -0.1) is 5.10 Å². The molecule has 0 aliphatic rings. The van der Waals surface area contributed by atoms with E-state index in [1.807, 2.05) is 18.2 Å². The predicted octanol–water partition coefficient (Wildman–Crippen LogP) is 2.07. The van der Waals surface area contributed by atoms with Crippen LogP contribution in [0.3, 0.4) is 0 Å². The van der Waals surface area contributed by atoms with Gasteiger partial charge >= 0.3 is 5.76 Å². The summed E-state index contributed by atoms with van der Waals surface area (Å²) in [6.07, 6.45) is 1.87. The molecule has 0 aliphatic carbocycles. The van der Waals surface area contributed by atoms with Crippen molar-refractivity contribution in [3.63, 3.8) is 0 Å². The first kappa shape index (κ1) is 19.5. The fourth-order valence-corrected chi connectivity index (χ4v) is 3.22. The second kappa shape index (κ2) is 7.93. The van der Waals surface area contributed by atoms with Crippen LogP contribution in [0.15, 0.2) is 50.7 Å². The fourth-order valence-electron chi connectivity index (χ4n) is 3.09. The summed E-state index contributed by atoms with van der Waals surface area (Å²) in [6.45, 7) is 1.99. The third-order valence-electron chi connectivity index (χ3n) is 4.59. The Morgan fingerprint density at radius 1 is 1.23 bits per heavy atom. The van der Waals surface area contributed by atoms with Gasteiger partial charge in [0.2, 0.25) is 5.89 Å². The Morgan fingerprint density at radius 2 is 2.00 bits per heavy atom. The molecule has 1 aromatic carbocycles. The number of aryl methyl sites for hydroxylation is 3. The van der Waals surface area contributed by atoms with E-state index in [9.17, 15) is 9.59 Å². The molecule has 150 valence electrons. The van der Waals surface area contributed by atoms with Crippen molar-refractivity contribution in [3.05, 3.63) is 85.3 Å². The third kappa shape index (κ3) is 3.86. The van der Waals surface area contributed by atoms with Gasteiger partial charge in [-0.3, -0.25) is 9.36 Å². The zero-order valence-electron chi connectivity index (χ0n) is 15.9. The van der Waals surface area contributed by atoms with Crippen molar-refractivity contribution in [2.24, 2.45) is 0 Å². The van der Waals surface area contributed by atoms with Crippen LogP contribution in [0.2, 0.25) is 5.02 Å². The molecule has 4 rings (SSSR count). The molecule has 3 heterocycles. The van der Waals surface area contributed by atoms with Crippen LogP contribution < -0.4 is 11.3 Å². The Kier molecular flexibility index (Phi) is 5.16. The van der Waals surface area contributed by atoms with Crippen LogP contribution in [-0.4, -0.2) is 24.3 Å². The summed E-state index contributed by atoms with van der Waals surface area (Å²) in [5.74, 6) is -0.504. The minimum Gasteiger partial charge on any atom is -0.390 e. The number of hydrogen-bond acceptors (Lipinski definition) is 7. The van der Waals surface area contributed by atoms with Crippen molar-refractivity contribution >= 4 is 22.6 Å². The lowest BCUT2D eigenvalue weighted by atomic mass is 10.1. The number of rotatable bonds is 5. The van der Waals surface area contributed by atoms with Gasteiger partial charge in [-0.1, -0.05) is 23.7 Å². The first-order valence-corrected chi connectivity index (χ1v) is 9.40. The molecular formula is C20H15ClN6O3. The van der Waals surface area contributed by atoms with Gasteiger partial charge in [-0.2, -0.15) is 9.94 Å². The Labute approximate surface area is 174 Å². The maximum absolute atomic E-state index is 12.8. The number of aromatic nitrogens is 5. The molecule has 0 saturated carbocycles. The number of fused-ring (bicyclic) bond motifs is 1. The smallest absolute Gasteiger partial charge is 0.390 e. The minimum absolute atomic E-state index is 0.0512. The van der Waals surface area contributed by atoms with Gasteiger partial charge in [-0.05, 0) is 42.7 Å². The second-order valence-corrected chi connectivity index (χ2v) is 7.11. The van der Waals surface area contributed by atoms with Gasteiger partial charge < -0.3 is 4.42 Å². The topological polar surface area (TPSA) is 120 Å². The van der Waals surface area contributed by atoms with Crippen molar-refractivity contribution in [1.82, 2.24) is 24.3 Å². The molecule has 4 aromatic rings. The van der Waals surface area contributed by atoms with Crippen LogP contribution in [0.5, 0.6) is 0 Å². The van der Waals surface area contributed by atoms with Crippen molar-refractivity contribution in [2.75, 3.05) is 0 Å². The van der Waals surface area contributed by atoms with Gasteiger partial charge in [0, 0.05) is 5.02 Å². The lowest BCUT2D eigenvalue weighted by Gasteiger charge is -2.05. The number of halogens is 1. The minimum atomic E-state index is -0.600. The van der Waals surface area contributed by atoms with E-state index >= 15 is 0 Å². The van der Waals surface area contributed by atoms with Crippen molar-refractivity contribution in [2.45, 2.75) is 26.4 Å². The van der Waals surface area contributed by atoms with E-state index in [-0.39, 0.29) is 29.3 Å². The summed E-state index contributed by atoms with van der Waals surface area (Å²) in [7, 11) is 0. The van der Waals surface area contributed by atoms with Crippen LogP contribution in [0, 0.1) is 18.3 Å². The molecule has 0 amide bonds. The Balaban J connectivity index is 1.58. The van der Waals surface area contributed by atoms with Crippen molar-refractivity contribution < 1.29 is 4.42 Å². The molecule has 10 heteroatoms. The number of pyridine rings is 1. The zero-order chi connectivity index (χ0) is 21.3. The first-order valence-electron chi connectivity index (χ1n) is 9.03. The van der Waals surface area contributed by atoms with Gasteiger partial charge in [0.15, 0.2) is 5.65 Å². The van der Waals surface area contributed by atoms with Crippen LogP contribution in [0.25, 0.3) is 11.0 Å². The Bertz CT molecular complexity index is 1400. The normalized spacial score (nSPS) is 11.0. The van der Waals surface area contributed by atoms with Gasteiger partial charge in [0.1, 0.15) is 24.6 Å². The summed E-state index contributed by atoms with van der Waals surface area (Å²) in [6, 6.07) is 10.8. The third-order valence-corrected chi connectivity index (χ3v) is 4.84. The van der Waals surface area contributed by atoms with E-state index in [0.29, 0.717) is 28.9 Å². The number of nitrogens with zero attached hydrogens (tertiary/aromatic N) is 6. The Morgan fingerprint density at radius 3 is 2.73 bits per heavy atom. The van der Waals surface area contributed by atoms with Gasteiger partial charge in [0.25, 0.3) is 5.56 Å². The molecular weight excluding hydrogens is 408 g/mol. The lowest BCUT2D eigenvalue weighted by Crippen LogP contribution is -2.22. The Hall–Kier alpha value is -3.77. The summed E-state index contributed by atoms with van der Waals surface area (Å²) in [4.78, 5) is 33.1. The van der Waals surface area contributed by atoms with E-state index in [1.165, 1.54) is 21.6 Å². The van der Waals surface area contributed by atoms with E-state index < -0.39 is 5.76 Å². The molecule has 0 unspecified atom stereocenters. The monoisotopic (exact) mass is 422 g/mol. The van der Waals surface area contributed by atoms with Crippen molar-refractivity contribution in [1.29, 1.82) is 5.26 Å². The maximum Gasteiger partial charge on any atom is 0.437 e. The van der Waals surface area contributed by atoms with Gasteiger partial charge in [-0.25, -0.2) is 14.8 Å². The van der Waals surface area contributed by atoms with Crippen LogP contribution >= 0.6 is 11.6 Å². The molecule has 0 aliphatic heterocycles. The number of benzene rings is 1. The largest absolute Gasteiger partial charge is 0.437 e. The average Bonchev–Trinajstić information content (AvgIpc) is 3.08. The second-order valence-electron chi connectivity index (χ2n) is 6.67. The molecule has 0 bridgehead atoms. The number of nitriles is 1. The molecule has 30 heavy (non-hydrogen) atoms. The maximum atomic E-state index is 12.8. The molecule has 9 nitrogen and oxygen atoms in total. The summed E-state index contributed by atoms with van der Waals surface area (Å²) < 4.78 is 7.70. The van der Waals surface area contributed by atoms with Crippen LogP contribution in [0.1, 0.15) is 22.7 Å². The van der Waals surface area contributed by atoms with Crippen LogP contribution in [0.4, 0.5) is 0 Å². The summed E-state index contributed by atoms with van der Waals surface area (Å²) in [5, 5.41) is 14.1. The number of hydrogen-bond donors (Lipinski definition) is 0. The van der Waals surface area contributed by atoms with E-state index in [4.69, 9.17) is 21.3 Å². The highest BCUT2D eigenvalue weighted by atomic mass is 35.5. The molecule has 0 fully saturated rings. The SMILES string of the molecule is Cc1cc(C#N)nc2ncn(Cc3nn(CCc4ccc(Cl)cc4)c(=O)o3)c(=O)c12. The quantitative estimate of drug-likeness (QED) is 0.482. The fraction of sp³-hybridized carbons (Fsp3) is 0.200. The van der Waals surface area contributed by atoms with E-state index in [1.54, 1.807) is 19.1 Å². The summed E-state index contributed by atoms with van der Waals surface area (Å²) in [5.41, 5.74) is 1.63. The predicted molar refractivity (Wildman–Crippen MR) is 108 cm³/mol. The highest BCUT2D eigenvalue weighted by Crippen LogP contribution is 2.12. The lowest BCUT2D eigenvalue weighted by molar-refractivity contribution is 0.434. The first-order chi connectivity index (χ1) is 14.4. The standard InChI is InChI=1S/C20H15ClN6O3/c1-12-8-15(9-22)24-18-17(12)19(28)26(11-23-18)10-16-25-27(20(29)30-16)7-6-13-2-4-14(21)5-3-13/h2-5,8,11H,6-7,10H2,1H3.